The normalized spacial score (nSPS) is 12.8. The highest BCUT2D eigenvalue weighted by Crippen LogP contribution is 2.14. The Morgan fingerprint density at radius 2 is 2.27 bits per heavy atom. The van der Waals surface area contributed by atoms with Gasteiger partial charge in [0, 0.05) is 23.5 Å². The Balaban J connectivity index is 2.65. The van der Waals surface area contributed by atoms with E-state index < -0.39 is 0 Å². The number of rotatable bonds is 5. The van der Waals surface area contributed by atoms with E-state index in [4.69, 9.17) is 5.73 Å². The van der Waals surface area contributed by atoms with E-state index in [1.165, 1.54) is 6.42 Å². The van der Waals surface area contributed by atoms with Gasteiger partial charge in [-0.3, -0.25) is 0 Å². The number of aryl methyl sites for hydroxylation is 1. The van der Waals surface area contributed by atoms with Crippen LogP contribution in [0.25, 0.3) is 0 Å². The van der Waals surface area contributed by atoms with Gasteiger partial charge in [0.1, 0.15) is 5.82 Å². The van der Waals surface area contributed by atoms with Gasteiger partial charge in [-0.2, -0.15) is 11.8 Å². The van der Waals surface area contributed by atoms with Crippen LogP contribution in [0.4, 0.5) is 0 Å². The number of aromatic nitrogens is 2. The van der Waals surface area contributed by atoms with Crippen LogP contribution in [0.15, 0.2) is 6.20 Å². The number of hydrogen-bond donors (Lipinski definition) is 1. The molecule has 1 atom stereocenters. The molecule has 0 aliphatic heterocycles. The maximum absolute atomic E-state index is 5.80. The Hall–Kier alpha value is -0.610. The third kappa shape index (κ3) is 3.80. The summed E-state index contributed by atoms with van der Waals surface area (Å²) in [6.45, 7) is 6.13. The van der Waals surface area contributed by atoms with E-state index in [2.05, 4.69) is 16.9 Å². The molecule has 1 rings (SSSR count). The predicted molar refractivity (Wildman–Crippen MR) is 65.8 cm³/mol. The molecule has 0 aliphatic carbocycles. The van der Waals surface area contributed by atoms with Crippen molar-refractivity contribution in [3.8, 4) is 0 Å². The third-order valence-electron chi connectivity index (χ3n) is 2.14. The highest BCUT2D eigenvalue weighted by atomic mass is 32.2. The van der Waals surface area contributed by atoms with E-state index >= 15 is 0 Å². The molecule has 2 N–H and O–H groups in total. The molecule has 0 aromatic carbocycles. The zero-order valence-corrected chi connectivity index (χ0v) is 10.5. The van der Waals surface area contributed by atoms with Crippen molar-refractivity contribution in [1.29, 1.82) is 0 Å². The fourth-order valence-corrected chi connectivity index (χ4v) is 2.10. The lowest BCUT2D eigenvalue weighted by Crippen LogP contribution is -2.10. The van der Waals surface area contributed by atoms with Gasteiger partial charge < -0.3 is 5.73 Å². The smallest absolute Gasteiger partial charge is 0.138 e. The molecule has 84 valence electrons. The van der Waals surface area contributed by atoms with Crippen molar-refractivity contribution < 1.29 is 0 Å². The minimum atomic E-state index is 0.0161. The van der Waals surface area contributed by atoms with E-state index in [-0.39, 0.29) is 6.04 Å². The molecule has 0 saturated heterocycles. The summed E-state index contributed by atoms with van der Waals surface area (Å²) in [5, 5.41) is 0. The zero-order chi connectivity index (χ0) is 11.3. The van der Waals surface area contributed by atoms with Gasteiger partial charge in [0.15, 0.2) is 0 Å². The van der Waals surface area contributed by atoms with Gasteiger partial charge in [-0.25, -0.2) is 9.97 Å². The average molecular weight is 225 g/mol. The van der Waals surface area contributed by atoms with Gasteiger partial charge in [-0.15, -0.1) is 0 Å². The van der Waals surface area contributed by atoms with Crippen molar-refractivity contribution in [1.82, 2.24) is 9.97 Å². The van der Waals surface area contributed by atoms with E-state index in [0.29, 0.717) is 0 Å². The fourth-order valence-electron chi connectivity index (χ4n) is 1.35. The van der Waals surface area contributed by atoms with Crippen molar-refractivity contribution in [3.05, 3.63) is 23.3 Å². The maximum atomic E-state index is 5.80. The molecule has 0 spiro atoms. The minimum absolute atomic E-state index is 0.0161. The van der Waals surface area contributed by atoms with Crippen molar-refractivity contribution in [2.45, 2.75) is 39.0 Å². The Morgan fingerprint density at radius 3 is 2.80 bits per heavy atom. The van der Waals surface area contributed by atoms with Gasteiger partial charge in [0.25, 0.3) is 0 Å². The molecule has 3 nitrogen and oxygen atoms in total. The van der Waals surface area contributed by atoms with E-state index in [9.17, 15) is 0 Å². The number of nitrogens with two attached hydrogens (primary N) is 1. The van der Waals surface area contributed by atoms with E-state index in [1.54, 1.807) is 0 Å². The summed E-state index contributed by atoms with van der Waals surface area (Å²) in [6, 6.07) is 0.0161. The predicted octanol–water partition coefficient (Wildman–Crippen LogP) is 2.45. The summed E-state index contributed by atoms with van der Waals surface area (Å²) in [4.78, 5) is 8.77. The third-order valence-corrected chi connectivity index (χ3v) is 3.30. The van der Waals surface area contributed by atoms with Gasteiger partial charge in [0.05, 0.1) is 5.75 Å². The standard InChI is InChI=1S/C11H19N3S/c1-4-5-15-7-11-13-6-10(8(2)12)9(3)14-11/h6,8H,4-5,7,12H2,1-3H3/t8-/m1/s1. The van der Waals surface area contributed by atoms with Crippen LogP contribution in [0, 0.1) is 6.92 Å². The van der Waals surface area contributed by atoms with Crippen LogP contribution >= 0.6 is 11.8 Å². The molecule has 4 heteroatoms. The SMILES string of the molecule is CCCSCc1ncc([C@@H](C)N)c(C)n1. The first-order valence-corrected chi connectivity index (χ1v) is 6.46. The fraction of sp³-hybridized carbons (Fsp3) is 0.636. The molecule has 1 aromatic heterocycles. The highest BCUT2D eigenvalue weighted by molar-refractivity contribution is 7.98. The number of nitrogens with zero attached hydrogens (tertiary/aromatic N) is 2. The molecular formula is C11H19N3S. The Kier molecular flexibility index (Phi) is 5.05. The van der Waals surface area contributed by atoms with Crippen molar-refractivity contribution >= 4 is 11.8 Å². The second kappa shape index (κ2) is 6.08. The van der Waals surface area contributed by atoms with Gasteiger partial charge >= 0.3 is 0 Å². The van der Waals surface area contributed by atoms with E-state index in [0.717, 1.165) is 28.6 Å². The average Bonchev–Trinajstić information content (AvgIpc) is 2.17. The van der Waals surface area contributed by atoms with Gasteiger partial charge in [-0.05, 0) is 26.0 Å². The molecule has 0 aliphatic rings. The largest absolute Gasteiger partial charge is 0.324 e. The quantitative estimate of drug-likeness (QED) is 0.782. The van der Waals surface area contributed by atoms with Crippen molar-refractivity contribution in [2.75, 3.05) is 5.75 Å². The molecule has 15 heavy (non-hydrogen) atoms. The minimum Gasteiger partial charge on any atom is -0.324 e. The molecule has 0 unspecified atom stereocenters. The van der Waals surface area contributed by atoms with Crippen LogP contribution in [0.3, 0.4) is 0 Å². The molecule has 0 bridgehead atoms. The van der Waals surface area contributed by atoms with Gasteiger partial charge in [0.2, 0.25) is 0 Å². The Morgan fingerprint density at radius 1 is 1.53 bits per heavy atom. The van der Waals surface area contributed by atoms with E-state index in [1.807, 2.05) is 31.8 Å². The second-order valence-electron chi connectivity index (χ2n) is 3.67. The lowest BCUT2D eigenvalue weighted by Gasteiger charge is -2.09. The molecule has 1 heterocycles. The second-order valence-corrected chi connectivity index (χ2v) is 4.77. The molecule has 0 radical (unpaired) electrons. The maximum Gasteiger partial charge on any atom is 0.138 e. The summed E-state index contributed by atoms with van der Waals surface area (Å²) in [5.41, 5.74) is 7.85. The molecule has 0 amide bonds. The number of hydrogen-bond acceptors (Lipinski definition) is 4. The first-order chi connectivity index (χ1) is 7.15. The monoisotopic (exact) mass is 225 g/mol. The lowest BCUT2D eigenvalue weighted by molar-refractivity contribution is 0.781. The molecular weight excluding hydrogens is 206 g/mol. The summed E-state index contributed by atoms with van der Waals surface area (Å²) in [6.07, 6.45) is 3.05. The summed E-state index contributed by atoms with van der Waals surface area (Å²) in [7, 11) is 0. The molecule has 1 aromatic rings. The van der Waals surface area contributed by atoms with Crippen LogP contribution in [-0.4, -0.2) is 15.7 Å². The van der Waals surface area contributed by atoms with Crippen LogP contribution in [0.1, 0.15) is 43.4 Å². The zero-order valence-electron chi connectivity index (χ0n) is 9.66. The van der Waals surface area contributed by atoms with Crippen molar-refractivity contribution in [3.63, 3.8) is 0 Å². The highest BCUT2D eigenvalue weighted by Gasteiger charge is 2.06. The van der Waals surface area contributed by atoms with Crippen LogP contribution in [0.2, 0.25) is 0 Å². The topological polar surface area (TPSA) is 51.8 Å². The summed E-state index contributed by atoms with van der Waals surface area (Å²) in [5.74, 6) is 2.97. The first-order valence-electron chi connectivity index (χ1n) is 5.31. The number of thioether (sulfide) groups is 1. The molecule has 0 fully saturated rings. The van der Waals surface area contributed by atoms with Crippen LogP contribution in [-0.2, 0) is 5.75 Å². The van der Waals surface area contributed by atoms with Crippen LogP contribution in [0.5, 0.6) is 0 Å². The van der Waals surface area contributed by atoms with Crippen LogP contribution < -0.4 is 5.73 Å². The Bertz CT molecular complexity index is 313. The molecule has 0 saturated carbocycles. The first kappa shape index (κ1) is 12.5. The lowest BCUT2D eigenvalue weighted by atomic mass is 10.1. The summed E-state index contributed by atoms with van der Waals surface area (Å²) >= 11 is 1.87. The Labute approximate surface area is 95.9 Å². The van der Waals surface area contributed by atoms with Crippen molar-refractivity contribution in [2.24, 2.45) is 5.73 Å². The summed E-state index contributed by atoms with van der Waals surface area (Å²) < 4.78 is 0. The van der Waals surface area contributed by atoms with Gasteiger partial charge in [-0.1, -0.05) is 6.92 Å².